The molecule has 8 aromatic heterocycles. The molecule has 0 saturated carbocycles. The number of aryl methyl sites for hydroxylation is 2. The van der Waals surface area contributed by atoms with Gasteiger partial charge in [-0.3, -0.25) is 45.3 Å². The first kappa shape index (κ1) is 62.6. The summed E-state index contributed by atoms with van der Waals surface area (Å²) in [5.74, 6) is 0.693. The molecule has 84 heavy (non-hydrogen) atoms. The van der Waals surface area contributed by atoms with Crippen molar-refractivity contribution < 1.29 is 52.7 Å². The van der Waals surface area contributed by atoms with Gasteiger partial charge in [0.25, 0.3) is 0 Å². The van der Waals surface area contributed by atoms with E-state index in [1.807, 2.05) is 91.4 Å². The van der Waals surface area contributed by atoms with Gasteiger partial charge < -0.3 is 0 Å². The number of hydrogen-bond donors (Lipinski definition) is 4. The third kappa shape index (κ3) is 15.7. The van der Waals surface area contributed by atoms with Crippen molar-refractivity contribution in [1.29, 1.82) is 0 Å². The summed E-state index contributed by atoms with van der Waals surface area (Å²) in [5, 5.41) is 22.5. The minimum absolute atomic E-state index is 0.0964. The fourth-order valence-electron chi connectivity index (χ4n) is 8.40. The number of benzene rings is 2. The van der Waals surface area contributed by atoms with Crippen LogP contribution in [0.1, 0.15) is 111 Å². The van der Waals surface area contributed by atoms with E-state index in [0.29, 0.717) is 34.6 Å². The Hall–Kier alpha value is -9.03. The zero-order valence-corrected chi connectivity index (χ0v) is 46.4. The van der Waals surface area contributed by atoms with Gasteiger partial charge in [-0.1, -0.05) is 97.0 Å². The second-order valence-corrected chi connectivity index (χ2v) is 20.7. The van der Waals surface area contributed by atoms with E-state index >= 15 is 0 Å². The van der Waals surface area contributed by atoms with Crippen molar-refractivity contribution >= 4 is 0 Å². The fraction of sp³-hybridized carbons (Fsp3) is 0.271. The molecule has 4 N–H and O–H groups in total. The van der Waals surface area contributed by atoms with Gasteiger partial charge >= 0.3 is 24.7 Å². The van der Waals surface area contributed by atoms with Gasteiger partial charge in [-0.05, 0) is 119 Å². The second kappa shape index (κ2) is 25.2. The van der Waals surface area contributed by atoms with Crippen LogP contribution in [-0.4, -0.2) is 65.7 Å². The van der Waals surface area contributed by atoms with E-state index < -0.39 is 47.5 Å². The van der Waals surface area contributed by atoms with Crippen molar-refractivity contribution in [3.05, 3.63) is 185 Å². The molecule has 10 aromatic rings. The Morgan fingerprint density at radius 2 is 0.750 bits per heavy atom. The minimum Gasteiger partial charge on any atom is -0.273 e. The summed E-state index contributed by atoms with van der Waals surface area (Å²) in [7, 11) is 0. The third-order valence-electron chi connectivity index (χ3n) is 12.7. The lowest BCUT2D eigenvalue weighted by molar-refractivity contribution is -0.142. The Balaban J connectivity index is 0.000000164. The average molecular weight is 1170 g/mol. The van der Waals surface area contributed by atoms with Crippen LogP contribution in [0.2, 0.25) is 0 Å². The molecular weight excluding hydrogens is 1120 g/mol. The number of aromatic nitrogens is 13. The van der Waals surface area contributed by atoms with E-state index in [9.17, 15) is 52.7 Å². The summed E-state index contributed by atoms with van der Waals surface area (Å²) >= 11 is 0. The van der Waals surface area contributed by atoms with Gasteiger partial charge in [-0.2, -0.15) is 73.1 Å². The molecule has 8 heterocycles. The zero-order valence-electron chi connectivity index (χ0n) is 46.4. The lowest BCUT2D eigenvalue weighted by Gasteiger charge is -2.19. The van der Waals surface area contributed by atoms with E-state index in [4.69, 9.17) is 0 Å². The number of rotatable bonds is 8. The molecule has 440 valence electrons. The predicted octanol–water partition coefficient (Wildman–Crippen LogP) is 16.9. The van der Waals surface area contributed by atoms with Crippen molar-refractivity contribution in [2.75, 3.05) is 0 Å². The van der Waals surface area contributed by atoms with Gasteiger partial charge in [-0.15, -0.1) is 0 Å². The van der Waals surface area contributed by atoms with E-state index in [1.54, 1.807) is 36.8 Å². The van der Waals surface area contributed by atoms with Gasteiger partial charge in [0.05, 0.1) is 23.3 Å². The summed E-state index contributed by atoms with van der Waals surface area (Å²) < 4.78 is 150. The quantitative estimate of drug-likeness (QED) is 0.108. The number of nitrogens with one attached hydrogen (secondary N) is 4. The molecule has 0 atom stereocenters. The van der Waals surface area contributed by atoms with Crippen molar-refractivity contribution in [1.82, 2.24) is 65.7 Å². The highest BCUT2D eigenvalue weighted by Crippen LogP contribution is 2.38. The smallest absolute Gasteiger partial charge is 0.273 e. The molecule has 0 aliphatic heterocycles. The van der Waals surface area contributed by atoms with Gasteiger partial charge in [0.2, 0.25) is 0 Å². The number of pyridine rings is 3. The number of halogens is 12. The topological polar surface area (TPSA) is 179 Å². The Labute approximate surface area is 473 Å². The van der Waals surface area contributed by atoms with E-state index in [0.717, 1.165) is 63.2 Å². The second-order valence-electron chi connectivity index (χ2n) is 20.7. The molecule has 0 spiro atoms. The molecule has 13 nitrogen and oxygen atoms in total. The van der Waals surface area contributed by atoms with Crippen LogP contribution in [0.3, 0.4) is 0 Å². The van der Waals surface area contributed by atoms with Crippen LogP contribution in [0.25, 0.3) is 67.8 Å². The first-order valence-corrected chi connectivity index (χ1v) is 25.7. The summed E-state index contributed by atoms with van der Waals surface area (Å²) in [4.78, 5) is 20.3. The summed E-state index contributed by atoms with van der Waals surface area (Å²) in [6, 6.07) is 26.9. The molecule has 0 amide bonds. The molecule has 0 saturated heterocycles. The highest BCUT2D eigenvalue weighted by molar-refractivity contribution is 5.74. The van der Waals surface area contributed by atoms with Crippen LogP contribution >= 0.6 is 0 Å². The number of alkyl halides is 12. The fourth-order valence-corrected chi connectivity index (χ4v) is 8.40. The average Bonchev–Trinajstić information content (AvgIpc) is 2.94. The van der Waals surface area contributed by atoms with Crippen molar-refractivity contribution in [3.8, 4) is 67.8 Å². The van der Waals surface area contributed by atoms with Gasteiger partial charge in [0.15, 0.2) is 0 Å². The van der Waals surface area contributed by atoms with Crippen LogP contribution in [0.4, 0.5) is 52.7 Å². The zero-order chi connectivity index (χ0) is 61.5. The Bertz CT molecular complexity index is 3710. The van der Waals surface area contributed by atoms with Crippen LogP contribution < -0.4 is 0 Å². The normalized spacial score (nSPS) is 12.1. The molecule has 25 heteroatoms. The molecule has 10 rings (SSSR count). The Morgan fingerprint density at radius 3 is 1.10 bits per heavy atom. The van der Waals surface area contributed by atoms with E-state index in [-0.39, 0.29) is 28.2 Å². The number of hydrogen-bond acceptors (Lipinski definition) is 9. The van der Waals surface area contributed by atoms with Crippen LogP contribution in [0.15, 0.2) is 134 Å². The maximum absolute atomic E-state index is 12.8. The summed E-state index contributed by atoms with van der Waals surface area (Å²) in [5.41, 5.74) is 8.39. The van der Waals surface area contributed by atoms with Gasteiger partial charge in [0.1, 0.15) is 51.2 Å². The molecule has 0 fully saturated rings. The first-order chi connectivity index (χ1) is 39.3. The number of H-pyrrole nitrogens is 4. The van der Waals surface area contributed by atoms with E-state index in [2.05, 4.69) is 91.2 Å². The van der Waals surface area contributed by atoms with Gasteiger partial charge in [0, 0.05) is 42.1 Å². The van der Waals surface area contributed by atoms with Crippen LogP contribution in [0, 0.1) is 13.8 Å². The van der Waals surface area contributed by atoms with Crippen LogP contribution in [-0.2, 0) is 30.1 Å². The van der Waals surface area contributed by atoms with Gasteiger partial charge in [-0.25, -0.2) is 0 Å². The molecule has 0 unspecified atom stereocenters. The lowest BCUT2D eigenvalue weighted by atomic mass is 9.85. The van der Waals surface area contributed by atoms with E-state index in [1.165, 1.54) is 29.7 Å². The minimum atomic E-state index is -4.45. The molecule has 0 aliphatic carbocycles. The monoisotopic (exact) mass is 1170 g/mol. The maximum Gasteiger partial charge on any atom is 0.432 e. The maximum atomic E-state index is 12.8. The highest BCUT2D eigenvalue weighted by atomic mass is 19.4. The van der Waals surface area contributed by atoms with Crippen molar-refractivity contribution in [2.45, 2.75) is 104 Å². The third-order valence-corrected chi connectivity index (χ3v) is 12.7. The van der Waals surface area contributed by atoms with Crippen molar-refractivity contribution in [3.63, 3.8) is 0 Å². The standard InChI is InChI=1S/C21H22F3N3.C17H14F3N3.C13H14F3N3.C8H5F3N4/c1-12(2)15-6-5-7-16(13(3)4)20(15)14-8-9-17(25-11-14)18-10-19(27-26-18)21(22,23)24;1-10-4-3-5-11(2)16(10)12-6-7-13(21-9-12)14-8-15(23-22-14)17(18,19)20;1-12(2,3)8-4-5-17-9(6-8)10-7-11(19-18-10)13(14,15)16;9-8(10,11)7-3-5(14-15-7)6-4-12-1-2-13-6/h5-13H,1-4H3,(H,26,27);3-9H,1-2H3,(H,22,23);4-7H,1-3H3,(H,18,19);1-4H,(H,14,15). The van der Waals surface area contributed by atoms with Crippen LogP contribution in [0.5, 0.6) is 0 Å². The first-order valence-electron chi connectivity index (χ1n) is 25.7. The molecule has 2 aromatic carbocycles. The molecular formula is C59H55F12N13. The Morgan fingerprint density at radius 1 is 0.369 bits per heavy atom. The number of aromatic amines is 4. The Kier molecular flexibility index (Phi) is 18.8. The predicted molar refractivity (Wildman–Crippen MR) is 292 cm³/mol. The van der Waals surface area contributed by atoms with Crippen molar-refractivity contribution in [2.24, 2.45) is 0 Å². The molecule has 0 aliphatic rings. The molecule has 0 radical (unpaired) electrons. The lowest BCUT2D eigenvalue weighted by Crippen LogP contribution is -2.11. The molecule has 0 bridgehead atoms. The SMILES string of the molecule is CC(C)(C)c1ccnc(-c2cc(C(F)(F)F)[nH]n2)c1.CC(C)c1cccc(C(C)C)c1-c1ccc(-c2cc(C(F)(F)F)[nH]n2)nc1.Cc1cccc(C)c1-c1ccc(-c2cc(C(F)(F)F)[nH]n2)nc1.FC(F)(F)c1cc(-c2cnccn2)n[nH]1. The highest BCUT2D eigenvalue weighted by Gasteiger charge is 2.36. The summed E-state index contributed by atoms with van der Waals surface area (Å²) in [6.07, 6.45) is -8.62. The summed E-state index contributed by atoms with van der Waals surface area (Å²) in [6.45, 7) is 18.7. The largest absolute Gasteiger partial charge is 0.432 e. The number of nitrogens with zero attached hydrogens (tertiary/aromatic N) is 9.